The first kappa shape index (κ1) is 9.16. The quantitative estimate of drug-likeness (QED) is 0.545. The molecule has 0 saturated heterocycles. The van der Waals surface area contributed by atoms with Gasteiger partial charge in [0.2, 0.25) is 0 Å². The maximum Gasteiger partial charge on any atom is 0.123 e. The summed E-state index contributed by atoms with van der Waals surface area (Å²) in [6, 6.07) is 6.49. The van der Waals surface area contributed by atoms with Crippen LogP contribution < -0.4 is 5.32 Å². The number of hydrogen-bond donors (Lipinski definition) is 1. The molecule has 0 amide bonds. The van der Waals surface area contributed by atoms with Gasteiger partial charge in [0.15, 0.2) is 0 Å². The molecule has 12 heavy (non-hydrogen) atoms. The molecule has 0 aliphatic heterocycles. The smallest absolute Gasteiger partial charge is 0.123 e. The maximum absolute atomic E-state index is 12.6. The molecule has 0 aromatic heterocycles. The predicted octanol–water partition coefficient (Wildman–Crippen LogP) is 1.52. The molecule has 0 atom stereocenters. The molecule has 66 valence electrons. The summed E-state index contributed by atoms with van der Waals surface area (Å²) in [4.78, 5) is 0. The molecule has 0 saturated carbocycles. The van der Waals surface area contributed by atoms with Crippen molar-refractivity contribution in [2.45, 2.75) is 6.54 Å². The van der Waals surface area contributed by atoms with Crippen LogP contribution in [0.5, 0.6) is 0 Å². The Morgan fingerprint density at radius 1 is 1.50 bits per heavy atom. The van der Waals surface area contributed by atoms with Gasteiger partial charge in [-0.2, -0.15) is 0 Å². The molecule has 0 aliphatic carbocycles. The molecule has 0 aliphatic rings. The van der Waals surface area contributed by atoms with Crippen LogP contribution in [0.15, 0.2) is 24.3 Å². The second-order valence-corrected chi connectivity index (χ2v) is 2.49. The zero-order chi connectivity index (χ0) is 8.81. The van der Waals surface area contributed by atoms with Gasteiger partial charge in [-0.25, -0.2) is 4.39 Å². The highest BCUT2D eigenvalue weighted by atomic mass is 19.1. The normalized spacial score (nSPS) is 10.2. The molecular formula is C9H12FNO. The van der Waals surface area contributed by atoms with Crippen LogP contribution in [0.1, 0.15) is 5.56 Å². The highest BCUT2D eigenvalue weighted by molar-refractivity contribution is 5.15. The second kappa shape index (κ2) is 4.85. The van der Waals surface area contributed by atoms with Gasteiger partial charge in [-0.3, -0.25) is 5.32 Å². The lowest BCUT2D eigenvalue weighted by molar-refractivity contribution is 0.174. The Kier molecular flexibility index (Phi) is 3.70. The molecule has 0 fully saturated rings. The van der Waals surface area contributed by atoms with E-state index in [1.165, 1.54) is 12.1 Å². The Bertz CT molecular complexity index is 240. The van der Waals surface area contributed by atoms with Gasteiger partial charge in [0.25, 0.3) is 0 Å². The number of hydrogen-bond acceptors (Lipinski definition) is 2. The van der Waals surface area contributed by atoms with Gasteiger partial charge in [-0.05, 0) is 17.7 Å². The molecular weight excluding hydrogens is 157 g/mol. The van der Waals surface area contributed by atoms with E-state index in [4.69, 9.17) is 4.74 Å². The highest BCUT2D eigenvalue weighted by Crippen LogP contribution is 2.02. The van der Waals surface area contributed by atoms with Crippen molar-refractivity contribution in [1.29, 1.82) is 0 Å². The van der Waals surface area contributed by atoms with Gasteiger partial charge >= 0.3 is 0 Å². The molecule has 1 aromatic carbocycles. The average molecular weight is 169 g/mol. The fourth-order valence-electron chi connectivity index (χ4n) is 0.944. The third-order valence-electron chi connectivity index (χ3n) is 1.46. The van der Waals surface area contributed by atoms with Crippen LogP contribution in [-0.4, -0.2) is 13.8 Å². The largest absolute Gasteiger partial charge is 0.370 e. The zero-order valence-electron chi connectivity index (χ0n) is 7.01. The molecule has 0 heterocycles. The van der Waals surface area contributed by atoms with Gasteiger partial charge in [0.1, 0.15) is 5.82 Å². The molecule has 0 unspecified atom stereocenters. The van der Waals surface area contributed by atoms with Gasteiger partial charge in [0.05, 0.1) is 6.73 Å². The van der Waals surface area contributed by atoms with Crippen molar-refractivity contribution in [1.82, 2.24) is 5.32 Å². The molecule has 1 rings (SSSR count). The van der Waals surface area contributed by atoms with Gasteiger partial charge in [0, 0.05) is 13.7 Å². The van der Waals surface area contributed by atoms with E-state index in [2.05, 4.69) is 5.32 Å². The fourth-order valence-corrected chi connectivity index (χ4v) is 0.944. The first-order valence-electron chi connectivity index (χ1n) is 3.77. The molecule has 3 heteroatoms. The minimum atomic E-state index is -0.202. The molecule has 0 bridgehead atoms. The maximum atomic E-state index is 12.6. The van der Waals surface area contributed by atoms with E-state index in [1.54, 1.807) is 13.2 Å². The summed E-state index contributed by atoms with van der Waals surface area (Å²) in [5.74, 6) is -0.202. The summed E-state index contributed by atoms with van der Waals surface area (Å²) in [6.45, 7) is 1.11. The summed E-state index contributed by atoms with van der Waals surface area (Å²) in [7, 11) is 1.61. The van der Waals surface area contributed by atoms with Crippen LogP contribution in [-0.2, 0) is 11.3 Å². The minimum Gasteiger partial charge on any atom is -0.370 e. The van der Waals surface area contributed by atoms with Crippen LogP contribution >= 0.6 is 0 Å². The van der Waals surface area contributed by atoms with Crippen LogP contribution in [0, 0.1) is 5.82 Å². The van der Waals surface area contributed by atoms with E-state index in [9.17, 15) is 4.39 Å². The Balaban J connectivity index is 2.41. The minimum absolute atomic E-state index is 0.202. The number of halogens is 1. The zero-order valence-corrected chi connectivity index (χ0v) is 7.01. The molecule has 0 spiro atoms. The number of benzene rings is 1. The summed E-state index contributed by atoms with van der Waals surface area (Å²) in [6.07, 6.45) is 0. The lowest BCUT2D eigenvalue weighted by Gasteiger charge is -2.02. The Morgan fingerprint density at radius 3 is 3.00 bits per heavy atom. The highest BCUT2D eigenvalue weighted by Gasteiger charge is 1.93. The number of ether oxygens (including phenoxy) is 1. The summed E-state index contributed by atoms with van der Waals surface area (Å²) >= 11 is 0. The van der Waals surface area contributed by atoms with Gasteiger partial charge < -0.3 is 4.74 Å². The predicted molar refractivity (Wildman–Crippen MR) is 45.1 cm³/mol. The summed E-state index contributed by atoms with van der Waals surface area (Å²) in [5, 5.41) is 2.99. The topological polar surface area (TPSA) is 21.3 Å². The van der Waals surface area contributed by atoms with Crippen LogP contribution in [0.25, 0.3) is 0 Å². The standard InChI is InChI=1S/C9H12FNO/c1-12-7-11-6-8-3-2-4-9(10)5-8/h2-5,11H,6-7H2,1H3. The lowest BCUT2D eigenvalue weighted by atomic mass is 10.2. The van der Waals surface area contributed by atoms with Crippen molar-refractivity contribution >= 4 is 0 Å². The van der Waals surface area contributed by atoms with Crippen molar-refractivity contribution in [3.63, 3.8) is 0 Å². The van der Waals surface area contributed by atoms with Crippen molar-refractivity contribution in [3.8, 4) is 0 Å². The van der Waals surface area contributed by atoms with Crippen LogP contribution in [0.2, 0.25) is 0 Å². The molecule has 2 nitrogen and oxygen atoms in total. The number of nitrogens with one attached hydrogen (secondary N) is 1. The number of methoxy groups -OCH3 is 1. The van der Waals surface area contributed by atoms with Crippen molar-refractivity contribution in [3.05, 3.63) is 35.6 Å². The summed E-state index contributed by atoms with van der Waals surface area (Å²) < 4.78 is 17.4. The SMILES string of the molecule is COCNCc1cccc(F)c1. The van der Waals surface area contributed by atoms with Crippen LogP contribution in [0.4, 0.5) is 4.39 Å². The van der Waals surface area contributed by atoms with E-state index in [0.29, 0.717) is 13.3 Å². The van der Waals surface area contributed by atoms with Crippen molar-refractivity contribution in [2.24, 2.45) is 0 Å². The lowest BCUT2D eigenvalue weighted by Crippen LogP contribution is -2.15. The second-order valence-electron chi connectivity index (χ2n) is 2.49. The van der Waals surface area contributed by atoms with Gasteiger partial charge in [-0.1, -0.05) is 12.1 Å². The third-order valence-corrected chi connectivity index (χ3v) is 1.46. The van der Waals surface area contributed by atoms with Crippen molar-refractivity contribution in [2.75, 3.05) is 13.8 Å². The third kappa shape index (κ3) is 2.98. The van der Waals surface area contributed by atoms with E-state index >= 15 is 0 Å². The van der Waals surface area contributed by atoms with E-state index in [-0.39, 0.29) is 5.82 Å². The summed E-state index contributed by atoms with van der Waals surface area (Å²) in [5.41, 5.74) is 0.923. The average Bonchev–Trinajstić information content (AvgIpc) is 2.05. The first-order valence-corrected chi connectivity index (χ1v) is 3.77. The van der Waals surface area contributed by atoms with Crippen LogP contribution in [0.3, 0.4) is 0 Å². The monoisotopic (exact) mass is 169 g/mol. The molecule has 0 radical (unpaired) electrons. The van der Waals surface area contributed by atoms with Gasteiger partial charge in [-0.15, -0.1) is 0 Å². The van der Waals surface area contributed by atoms with E-state index in [0.717, 1.165) is 5.56 Å². The Morgan fingerprint density at radius 2 is 2.33 bits per heavy atom. The van der Waals surface area contributed by atoms with E-state index < -0.39 is 0 Å². The molecule has 1 N–H and O–H groups in total. The fraction of sp³-hybridized carbons (Fsp3) is 0.333. The first-order chi connectivity index (χ1) is 5.83. The van der Waals surface area contributed by atoms with Crippen molar-refractivity contribution < 1.29 is 9.13 Å². The Labute approximate surface area is 71.4 Å². The van der Waals surface area contributed by atoms with E-state index in [1.807, 2.05) is 6.07 Å². The Hall–Kier alpha value is -0.930. The number of rotatable bonds is 4. The molecule has 1 aromatic rings.